The number of nitrogens with one attached hydrogen (secondary N) is 1. The second-order valence-electron chi connectivity index (χ2n) is 4.14. The van der Waals surface area contributed by atoms with E-state index in [1.165, 1.54) is 24.3 Å². The molecule has 0 spiro atoms. The fourth-order valence-electron chi connectivity index (χ4n) is 1.66. The third-order valence-corrected chi connectivity index (χ3v) is 3.36. The van der Waals surface area contributed by atoms with Crippen LogP contribution in [0.25, 0.3) is 0 Å². The van der Waals surface area contributed by atoms with E-state index in [9.17, 15) is 9.18 Å². The molecule has 0 aromatic heterocycles. The Bertz CT molecular complexity index is 719. The Kier molecular flexibility index (Phi) is 4.54. The van der Waals surface area contributed by atoms with Gasteiger partial charge in [0.1, 0.15) is 5.82 Å². The second-order valence-corrected chi connectivity index (χ2v) is 5.00. The number of amidine groups is 1. The molecule has 108 valence electrons. The fourth-order valence-corrected chi connectivity index (χ4v) is 2.11. The lowest BCUT2D eigenvalue weighted by atomic mass is 10.1. The Morgan fingerprint density at radius 1 is 1.24 bits per heavy atom. The van der Waals surface area contributed by atoms with Crippen molar-refractivity contribution in [2.45, 2.75) is 0 Å². The molecule has 2 aromatic carbocycles. The highest BCUT2D eigenvalue weighted by molar-refractivity contribution is 9.10. The lowest BCUT2D eigenvalue weighted by Gasteiger charge is -2.08. The van der Waals surface area contributed by atoms with E-state index in [-0.39, 0.29) is 5.84 Å². The predicted octanol–water partition coefficient (Wildman–Crippen LogP) is 2.94. The molecular weight excluding hydrogens is 341 g/mol. The van der Waals surface area contributed by atoms with E-state index >= 15 is 0 Å². The van der Waals surface area contributed by atoms with Crippen molar-refractivity contribution in [1.82, 2.24) is 0 Å². The normalized spacial score (nSPS) is 11.2. The predicted molar refractivity (Wildman–Crippen MR) is 81.0 cm³/mol. The number of carbonyl (C=O) groups excluding carboxylic acids is 1. The van der Waals surface area contributed by atoms with Crippen LogP contribution in [0.4, 0.5) is 10.1 Å². The summed E-state index contributed by atoms with van der Waals surface area (Å²) in [7, 11) is 0. The van der Waals surface area contributed by atoms with E-state index in [0.29, 0.717) is 21.3 Å². The van der Waals surface area contributed by atoms with Gasteiger partial charge < -0.3 is 16.3 Å². The van der Waals surface area contributed by atoms with E-state index < -0.39 is 11.7 Å². The van der Waals surface area contributed by atoms with Crippen LogP contribution in [0, 0.1) is 5.82 Å². The Labute approximate surface area is 128 Å². The largest absolute Gasteiger partial charge is 0.409 e. The quantitative estimate of drug-likeness (QED) is 0.344. The summed E-state index contributed by atoms with van der Waals surface area (Å²) in [6.07, 6.45) is 0. The average molecular weight is 352 g/mol. The monoisotopic (exact) mass is 351 g/mol. The van der Waals surface area contributed by atoms with Crippen molar-refractivity contribution in [1.29, 1.82) is 0 Å². The first-order valence-electron chi connectivity index (χ1n) is 5.85. The Balaban J connectivity index is 2.24. The lowest BCUT2D eigenvalue weighted by Crippen LogP contribution is -2.16. The van der Waals surface area contributed by atoms with Crippen molar-refractivity contribution < 1.29 is 14.4 Å². The molecular formula is C14H11BrFN3O2. The number of anilines is 1. The summed E-state index contributed by atoms with van der Waals surface area (Å²) in [5.74, 6) is -0.892. The maximum Gasteiger partial charge on any atom is 0.255 e. The van der Waals surface area contributed by atoms with Gasteiger partial charge in [0.2, 0.25) is 0 Å². The molecule has 5 nitrogen and oxygen atoms in total. The molecule has 2 rings (SSSR count). The Hall–Kier alpha value is -2.41. The number of nitrogens with two attached hydrogens (primary N) is 1. The SMILES string of the molecule is N/C(=N\O)c1cccc(C(=O)Nc2ccc(F)cc2Br)c1. The number of halogens is 2. The third-order valence-electron chi connectivity index (χ3n) is 2.71. The maximum atomic E-state index is 13.0. The van der Waals surface area contributed by atoms with Crippen molar-refractivity contribution in [3.63, 3.8) is 0 Å². The minimum atomic E-state index is -0.409. The number of nitrogens with zero attached hydrogens (tertiary/aromatic N) is 1. The molecule has 0 saturated carbocycles. The summed E-state index contributed by atoms with van der Waals surface area (Å²) in [5.41, 5.74) is 6.66. The average Bonchev–Trinajstić information content (AvgIpc) is 2.49. The van der Waals surface area contributed by atoms with E-state index in [4.69, 9.17) is 10.9 Å². The highest BCUT2D eigenvalue weighted by Gasteiger charge is 2.10. The summed E-state index contributed by atoms with van der Waals surface area (Å²) in [6, 6.07) is 10.2. The molecule has 4 N–H and O–H groups in total. The number of hydrogen-bond acceptors (Lipinski definition) is 3. The van der Waals surface area contributed by atoms with Gasteiger partial charge in [-0.1, -0.05) is 17.3 Å². The van der Waals surface area contributed by atoms with Gasteiger partial charge in [-0.05, 0) is 46.3 Å². The number of benzene rings is 2. The first-order chi connectivity index (χ1) is 10.0. The first kappa shape index (κ1) is 15.0. The van der Waals surface area contributed by atoms with Gasteiger partial charge in [0, 0.05) is 15.6 Å². The molecule has 0 aliphatic carbocycles. The van der Waals surface area contributed by atoms with Crippen LogP contribution in [-0.2, 0) is 0 Å². The summed E-state index contributed by atoms with van der Waals surface area (Å²) < 4.78 is 13.4. The molecule has 0 bridgehead atoms. The Morgan fingerprint density at radius 3 is 2.62 bits per heavy atom. The highest BCUT2D eigenvalue weighted by Crippen LogP contribution is 2.23. The van der Waals surface area contributed by atoms with E-state index in [1.54, 1.807) is 18.2 Å². The zero-order valence-electron chi connectivity index (χ0n) is 10.7. The number of amides is 1. The fraction of sp³-hybridized carbons (Fsp3) is 0. The number of oxime groups is 1. The van der Waals surface area contributed by atoms with Crippen LogP contribution >= 0.6 is 15.9 Å². The molecule has 0 saturated heterocycles. The van der Waals surface area contributed by atoms with Gasteiger partial charge in [0.05, 0.1) is 5.69 Å². The molecule has 0 heterocycles. The summed E-state index contributed by atoms with van der Waals surface area (Å²) in [6.45, 7) is 0. The third kappa shape index (κ3) is 3.57. The minimum absolute atomic E-state index is 0.0902. The van der Waals surface area contributed by atoms with Crippen molar-refractivity contribution in [2.75, 3.05) is 5.32 Å². The van der Waals surface area contributed by atoms with E-state index in [1.807, 2.05) is 0 Å². The summed E-state index contributed by atoms with van der Waals surface area (Å²) >= 11 is 3.17. The molecule has 1 amide bonds. The first-order valence-corrected chi connectivity index (χ1v) is 6.65. The topological polar surface area (TPSA) is 87.7 Å². The molecule has 2 aromatic rings. The van der Waals surface area contributed by atoms with Crippen LogP contribution in [0.3, 0.4) is 0 Å². The smallest absolute Gasteiger partial charge is 0.255 e. The molecule has 0 aliphatic heterocycles. The van der Waals surface area contributed by atoms with Crippen LogP contribution < -0.4 is 11.1 Å². The van der Waals surface area contributed by atoms with Gasteiger partial charge in [0.15, 0.2) is 5.84 Å². The molecule has 0 radical (unpaired) electrons. The molecule has 7 heteroatoms. The molecule has 0 unspecified atom stereocenters. The van der Waals surface area contributed by atoms with Gasteiger partial charge in [-0.3, -0.25) is 4.79 Å². The van der Waals surface area contributed by atoms with Crippen molar-refractivity contribution in [3.05, 3.63) is 63.9 Å². The van der Waals surface area contributed by atoms with Crippen molar-refractivity contribution >= 4 is 33.4 Å². The zero-order valence-corrected chi connectivity index (χ0v) is 12.3. The molecule has 21 heavy (non-hydrogen) atoms. The molecule has 0 aliphatic rings. The minimum Gasteiger partial charge on any atom is -0.409 e. The van der Waals surface area contributed by atoms with Crippen molar-refractivity contribution in [2.24, 2.45) is 10.9 Å². The van der Waals surface area contributed by atoms with Crippen LogP contribution in [-0.4, -0.2) is 17.0 Å². The van der Waals surface area contributed by atoms with Gasteiger partial charge in [-0.15, -0.1) is 0 Å². The molecule has 0 atom stereocenters. The van der Waals surface area contributed by atoms with Crippen LogP contribution in [0.2, 0.25) is 0 Å². The summed E-state index contributed by atoms with van der Waals surface area (Å²) in [5, 5.41) is 14.2. The standard InChI is InChI=1S/C14H11BrFN3O2/c15-11-7-10(16)4-5-12(11)18-14(20)9-3-1-2-8(6-9)13(17)19-21/h1-7,21H,(H2,17,19)(H,18,20). The van der Waals surface area contributed by atoms with Gasteiger partial charge in [0.25, 0.3) is 5.91 Å². The maximum absolute atomic E-state index is 13.0. The number of carbonyl (C=O) groups is 1. The van der Waals surface area contributed by atoms with Crippen LogP contribution in [0.15, 0.2) is 52.1 Å². The van der Waals surface area contributed by atoms with Crippen molar-refractivity contribution in [3.8, 4) is 0 Å². The molecule has 0 fully saturated rings. The van der Waals surface area contributed by atoms with Gasteiger partial charge in [-0.25, -0.2) is 4.39 Å². The number of hydrogen-bond donors (Lipinski definition) is 3. The lowest BCUT2D eigenvalue weighted by molar-refractivity contribution is 0.102. The van der Waals surface area contributed by atoms with E-state index in [2.05, 4.69) is 26.4 Å². The highest BCUT2D eigenvalue weighted by atomic mass is 79.9. The van der Waals surface area contributed by atoms with Crippen LogP contribution in [0.5, 0.6) is 0 Å². The van der Waals surface area contributed by atoms with E-state index in [0.717, 1.165) is 0 Å². The Morgan fingerprint density at radius 2 is 1.95 bits per heavy atom. The van der Waals surface area contributed by atoms with Gasteiger partial charge in [-0.2, -0.15) is 0 Å². The van der Waals surface area contributed by atoms with Crippen LogP contribution in [0.1, 0.15) is 15.9 Å². The number of rotatable bonds is 3. The summed E-state index contributed by atoms with van der Waals surface area (Å²) in [4.78, 5) is 12.1. The van der Waals surface area contributed by atoms with Gasteiger partial charge >= 0.3 is 0 Å². The zero-order chi connectivity index (χ0) is 15.4. The second kappa shape index (κ2) is 6.36.